The van der Waals surface area contributed by atoms with Crippen LogP contribution in [0.3, 0.4) is 0 Å². The second-order valence-electron chi connectivity index (χ2n) is 7.14. The smallest absolute Gasteiger partial charge is 0.248 e. The number of likely N-dealkylation sites (tertiary alicyclic amines) is 2. The van der Waals surface area contributed by atoms with Gasteiger partial charge in [-0.1, -0.05) is 6.08 Å². The molecule has 2 fully saturated rings. The molecule has 0 bridgehead atoms. The van der Waals surface area contributed by atoms with Crippen molar-refractivity contribution in [1.29, 1.82) is 5.26 Å². The van der Waals surface area contributed by atoms with Crippen LogP contribution in [0.4, 0.5) is 4.39 Å². The molecule has 7 nitrogen and oxygen atoms in total. The van der Waals surface area contributed by atoms with E-state index in [1.54, 1.807) is 11.1 Å². The lowest BCUT2D eigenvalue weighted by atomic mass is 9.76. The van der Waals surface area contributed by atoms with Gasteiger partial charge in [0.15, 0.2) is 0 Å². The van der Waals surface area contributed by atoms with Crippen molar-refractivity contribution in [2.45, 2.75) is 43.4 Å². The van der Waals surface area contributed by atoms with Gasteiger partial charge < -0.3 is 14.9 Å². The molecule has 3 aliphatic rings. The van der Waals surface area contributed by atoms with Crippen LogP contribution in [-0.4, -0.2) is 76.9 Å². The van der Waals surface area contributed by atoms with Crippen molar-refractivity contribution in [3.05, 3.63) is 12.2 Å². The number of hydrogen-bond acceptors (Lipinski definition) is 5. The van der Waals surface area contributed by atoms with E-state index in [4.69, 9.17) is 10.4 Å². The standard InChI is InChI=1S/C18H23FN4O3/c19-14-8-15(10-20)23(11-14)16(25)9-18(4-1-5-21-18)13-2-6-22(7-3-13)17(26)12-24/h1,4-5,13-15,24H,2-3,6-9,11-12H2. The van der Waals surface area contributed by atoms with E-state index >= 15 is 0 Å². The van der Waals surface area contributed by atoms with E-state index in [0.717, 1.165) is 0 Å². The minimum Gasteiger partial charge on any atom is -0.387 e. The van der Waals surface area contributed by atoms with Crippen LogP contribution in [0.1, 0.15) is 25.7 Å². The third-order valence-electron chi connectivity index (χ3n) is 5.63. The van der Waals surface area contributed by atoms with Crippen molar-refractivity contribution in [3.8, 4) is 6.07 Å². The molecule has 140 valence electrons. The molecule has 0 aromatic rings. The average molecular weight is 362 g/mol. The summed E-state index contributed by atoms with van der Waals surface area (Å²) in [6.45, 7) is 0.492. The molecular weight excluding hydrogens is 339 g/mol. The van der Waals surface area contributed by atoms with Gasteiger partial charge in [0.05, 0.1) is 24.6 Å². The predicted octanol–water partition coefficient (Wildman–Crippen LogP) is 0.449. The number of hydrogen-bond donors (Lipinski definition) is 1. The van der Waals surface area contributed by atoms with Crippen molar-refractivity contribution >= 4 is 18.0 Å². The van der Waals surface area contributed by atoms with Crippen LogP contribution in [-0.2, 0) is 9.59 Å². The summed E-state index contributed by atoms with van der Waals surface area (Å²) >= 11 is 0. The largest absolute Gasteiger partial charge is 0.387 e. The van der Waals surface area contributed by atoms with E-state index in [1.165, 1.54) is 4.90 Å². The van der Waals surface area contributed by atoms with Crippen molar-refractivity contribution in [2.24, 2.45) is 10.9 Å². The van der Waals surface area contributed by atoms with Gasteiger partial charge in [-0.25, -0.2) is 4.39 Å². The monoisotopic (exact) mass is 362 g/mol. The number of aliphatic hydroxyl groups excluding tert-OH is 1. The number of alkyl halides is 1. The maximum absolute atomic E-state index is 13.6. The van der Waals surface area contributed by atoms with Gasteiger partial charge in [0.25, 0.3) is 0 Å². The molecule has 0 aromatic carbocycles. The highest BCUT2D eigenvalue weighted by Crippen LogP contribution is 2.38. The number of nitrogens with zero attached hydrogens (tertiary/aromatic N) is 4. The number of aliphatic hydroxyl groups is 1. The summed E-state index contributed by atoms with van der Waals surface area (Å²) in [5, 5.41) is 18.2. The minimum absolute atomic E-state index is 0.0377. The average Bonchev–Trinajstić information content (AvgIpc) is 3.28. The summed E-state index contributed by atoms with van der Waals surface area (Å²) in [7, 11) is 0. The Kier molecular flexibility index (Phi) is 5.37. The minimum atomic E-state index is -1.16. The van der Waals surface area contributed by atoms with Gasteiger partial charge in [-0.3, -0.25) is 14.6 Å². The first kappa shape index (κ1) is 18.5. The lowest BCUT2D eigenvalue weighted by Gasteiger charge is -2.40. The lowest BCUT2D eigenvalue weighted by molar-refractivity contribution is -0.137. The fourth-order valence-electron chi connectivity index (χ4n) is 4.18. The zero-order valence-electron chi connectivity index (χ0n) is 14.6. The second kappa shape index (κ2) is 7.54. The number of rotatable bonds is 4. The highest BCUT2D eigenvalue weighted by Gasteiger charge is 2.44. The van der Waals surface area contributed by atoms with Gasteiger partial charge in [0.1, 0.15) is 18.8 Å². The van der Waals surface area contributed by atoms with Gasteiger partial charge in [0, 0.05) is 25.7 Å². The SMILES string of the molecule is N#CC1CC(F)CN1C(=O)CC1(C2CCN(C(=O)CO)CC2)C=CC=N1. The van der Waals surface area contributed by atoms with Crippen LogP contribution < -0.4 is 0 Å². The maximum atomic E-state index is 13.6. The molecule has 0 spiro atoms. The molecule has 1 N–H and O–H groups in total. The molecule has 0 aliphatic carbocycles. The van der Waals surface area contributed by atoms with Crippen LogP contribution >= 0.6 is 0 Å². The van der Waals surface area contributed by atoms with E-state index in [-0.39, 0.29) is 37.1 Å². The number of amides is 2. The lowest BCUT2D eigenvalue weighted by Crippen LogP contribution is -2.48. The summed E-state index contributed by atoms with van der Waals surface area (Å²) < 4.78 is 13.6. The molecule has 8 heteroatoms. The van der Waals surface area contributed by atoms with E-state index in [0.29, 0.717) is 25.9 Å². The summed E-state index contributed by atoms with van der Waals surface area (Å²) in [5.41, 5.74) is -0.695. The molecule has 3 aliphatic heterocycles. The fraction of sp³-hybridized carbons (Fsp3) is 0.667. The number of carbonyl (C=O) groups is 2. The third-order valence-corrected chi connectivity index (χ3v) is 5.63. The Labute approximate surface area is 151 Å². The van der Waals surface area contributed by atoms with Crippen LogP contribution in [0.2, 0.25) is 0 Å². The highest BCUT2D eigenvalue weighted by atomic mass is 19.1. The van der Waals surface area contributed by atoms with E-state index < -0.39 is 24.4 Å². The Balaban J connectivity index is 1.69. The Morgan fingerprint density at radius 2 is 2.08 bits per heavy atom. The van der Waals surface area contributed by atoms with Gasteiger partial charge in [-0.15, -0.1) is 0 Å². The third kappa shape index (κ3) is 3.49. The zero-order valence-corrected chi connectivity index (χ0v) is 14.6. The first-order valence-electron chi connectivity index (χ1n) is 8.94. The number of halogens is 1. The molecule has 26 heavy (non-hydrogen) atoms. The molecule has 2 amide bonds. The molecule has 3 unspecified atom stereocenters. The summed E-state index contributed by atoms with van der Waals surface area (Å²) in [6, 6.07) is 1.29. The molecule has 0 aromatic heterocycles. The van der Waals surface area contributed by atoms with Crippen LogP contribution in [0.25, 0.3) is 0 Å². The molecular formula is C18H23FN4O3. The Hall–Kier alpha value is -2.27. The van der Waals surface area contributed by atoms with E-state index in [9.17, 15) is 14.0 Å². The quantitative estimate of drug-likeness (QED) is 0.785. The summed E-state index contributed by atoms with van der Waals surface area (Å²) in [6.07, 6.45) is 5.74. The van der Waals surface area contributed by atoms with Gasteiger partial charge in [-0.05, 0) is 24.8 Å². The van der Waals surface area contributed by atoms with Gasteiger partial charge >= 0.3 is 0 Å². The second-order valence-corrected chi connectivity index (χ2v) is 7.14. The molecule has 0 saturated carbocycles. The number of piperidine rings is 1. The number of carbonyl (C=O) groups excluding carboxylic acids is 2. The topological polar surface area (TPSA) is 97.0 Å². The van der Waals surface area contributed by atoms with Crippen LogP contribution in [0, 0.1) is 17.2 Å². The fourth-order valence-corrected chi connectivity index (χ4v) is 4.18. The van der Waals surface area contributed by atoms with E-state index in [2.05, 4.69) is 4.99 Å². The highest BCUT2D eigenvalue weighted by molar-refractivity contribution is 5.82. The molecule has 0 radical (unpaired) electrons. The first-order valence-corrected chi connectivity index (χ1v) is 8.94. The van der Waals surface area contributed by atoms with Crippen LogP contribution in [0.5, 0.6) is 0 Å². The maximum Gasteiger partial charge on any atom is 0.248 e. The Morgan fingerprint density at radius 1 is 1.35 bits per heavy atom. The molecule has 3 heterocycles. The van der Waals surface area contributed by atoms with Crippen molar-refractivity contribution in [3.63, 3.8) is 0 Å². The number of allylic oxidation sites excluding steroid dienone is 1. The van der Waals surface area contributed by atoms with Gasteiger partial charge in [-0.2, -0.15) is 5.26 Å². The molecule has 3 rings (SSSR count). The zero-order chi connectivity index (χ0) is 18.7. The summed E-state index contributed by atoms with van der Waals surface area (Å²) in [4.78, 5) is 31.9. The first-order chi connectivity index (χ1) is 12.5. The Bertz CT molecular complexity index is 652. The molecule has 3 atom stereocenters. The molecule has 2 saturated heterocycles. The van der Waals surface area contributed by atoms with Crippen molar-refractivity contribution in [2.75, 3.05) is 26.2 Å². The summed E-state index contributed by atoms with van der Waals surface area (Å²) in [5.74, 6) is -0.468. The van der Waals surface area contributed by atoms with E-state index in [1.807, 2.05) is 18.2 Å². The normalized spacial score (nSPS) is 31.4. The van der Waals surface area contributed by atoms with Crippen molar-refractivity contribution < 1.29 is 19.1 Å². The predicted molar refractivity (Wildman–Crippen MR) is 92.0 cm³/mol. The number of nitriles is 1. The Morgan fingerprint density at radius 3 is 2.65 bits per heavy atom. The van der Waals surface area contributed by atoms with Crippen molar-refractivity contribution in [1.82, 2.24) is 9.80 Å². The van der Waals surface area contributed by atoms with Gasteiger partial charge in [0.2, 0.25) is 11.8 Å². The number of aliphatic imine (C=N–C) groups is 1. The van der Waals surface area contributed by atoms with Crippen LogP contribution in [0.15, 0.2) is 17.1 Å².